The Bertz CT molecular complexity index is 1150. The van der Waals surface area contributed by atoms with Gasteiger partial charge in [-0.2, -0.15) is 0 Å². The molecule has 3 aliphatic rings. The van der Waals surface area contributed by atoms with Crippen molar-refractivity contribution in [2.24, 2.45) is 0 Å². The van der Waals surface area contributed by atoms with Crippen molar-refractivity contribution in [3.05, 3.63) is 39.7 Å². The van der Waals surface area contributed by atoms with E-state index < -0.39 is 17.4 Å². The first-order valence-electron chi connectivity index (χ1n) is 8.61. The minimum Gasteiger partial charge on any atom is -0.454 e. The van der Waals surface area contributed by atoms with Gasteiger partial charge < -0.3 is 20.1 Å². The molecule has 142 valence electrons. The molecule has 10 nitrogen and oxygen atoms in total. The summed E-state index contributed by atoms with van der Waals surface area (Å²) in [5.41, 5.74) is 6.10. The van der Waals surface area contributed by atoms with Crippen molar-refractivity contribution in [1.82, 2.24) is 9.88 Å². The third kappa shape index (κ3) is 2.14. The number of imide groups is 1. The van der Waals surface area contributed by atoms with Gasteiger partial charge in [-0.05, 0) is 6.42 Å². The Morgan fingerprint density at radius 1 is 0.964 bits per heavy atom. The first-order chi connectivity index (χ1) is 13.5. The fourth-order valence-electron chi connectivity index (χ4n) is 3.75. The van der Waals surface area contributed by atoms with Crippen LogP contribution in [0.4, 0.5) is 11.5 Å². The number of nitrogen functional groups attached to an aromatic ring is 1. The van der Waals surface area contributed by atoms with E-state index in [1.165, 1.54) is 0 Å². The minimum absolute atomic E-state index is 0.0116. The van der Waals surface area contributed by atoms with Crippen LogP contribution in [0, 0.1) is 0 Å². The highest BCUT2D eigenvalue weighted by Gasteiger charge is 2.34. The summed E-state index contributed by atoms with van der Waals surface area (Å²) in [6.45, 7) is 0.488. The van der Waals surface area contributed by atoms with Crippen molar-refractivity contribution in [3.8, 4) is 17.2 Å². The molecule has 0 unspecified atom stereocenters. The molecule has 0 saturated carbocycles. The smallest absolute Gasteiger partial charge is 0.262 e. The maximum Gasteiger partial charge on any atom is 0.262 e. The van der Waals surface area contributed by atoms with Crippen molar-refractivity contribution >= 4 is 29.2 Å². The summed E-state index contributed by atoms with van der Waals surface area (Å²) < 4.78 is 11.9. The predicted molar refractivity (Wildman–Crippen MR) is 96.0 cm³/mol. The number of anilines is 2. The van der Waals surface area contributed by atoms with Crippen molar-refractivity contribution in [2.45, 2.75) is 12.8 Å². The molecule has 0 aliphatic carbocycles. The molecule has 10 heteroatoms. The molecule has 3 aliphatic heterocycles. The number of nitrogens with one attached hydrogen (secondary N) is 1. The zero-order valence-electron chi connectivity index (χ0n) is 14.5. The topological polar surface area (TPSA) is 133 Å². The molecule has 1 aromatic carbocycles. The summed E-state index contributed by atoms with van der Waals surface area (Å²) in [5, 5.41) is 2.13. The molecule has 1 aromatic heterocycles. The van der Waals surface area contributed by atoms with E-state index in [-0.39, 0.29) is 35.3 Å². The summed E-state index contributed by atoms with van der Waals surface area (Å²) in [6.07, 6.45) is 1.07. The zero-order chi connectivity index (χ0) is 19.6. The van der Waals surface area contributed by atoms with E-state index in [1.807, 2.05) is 0 Å². The number of carbonyl (C=O) groups is 3. The number of carbonyl (C=O) groups excluding carboxylic acids is 3. The highest BCUT2D eigenvalue weighted by Crippen LogP contribution is 2.41. The maximum absolute atomic E-state index is 12.8. The predicted octanol–water partition coefficient (Wildman–Crippen LogP) is 0.159. The van der Waals surface area contributed by atoms with Gasteiger partial charge in [0.05, 0.1) is 22.5 Å². The molecule has 3 amide bonds. The van der Waals surface area contributed by atoms with Gasteiger partial charge in [0.2, 0.25) is 12.7 Å². The van der Waals surface area contributed by atoms with Gasteiger partial charge in [-0.25, -0.2) is 0 Å². The van der Waals surface area contributed by atoms with Gasteiger partial charge in [0.25, 0.3) is 17.4 Å². The molecule has 4 heterocycles. The van der Waals surface area contributed by atoms with Gasteiger partial charge in [-0.1, -0.05) is 0 Å². The van der Waals surface area contributed by atoms with Crippen LogP contribution in [-0.2, 0) is 4.79 Å². The number of rotatable bonds is 2. The van der Waals surface area contributed by atoms with E-state index in [1.54, 1.807) is 17.0 Å². The van der Waals surface area contributed by atoms with Crippen LogP contribution < -0.4 is 31.0 Å². The lowest BCUT2D eigenvalue weighted by Gasteiger charge is -2.22. The van der Waals surface area contributed by atoms with E-state index in [9.17, 15) is 19.2 Å². The Morgan fingerprint density at radius 3 is 2.36 bits per heavy atom. The largest absolute Gasteiger partial charge is 0.454 e. The number of nitrogens with zero attached hydrogens (tertiary/aromatic N) is 2. The second-order valence-electron chi connectivity index (χ2n) is 6.62. The third-order valence-corrected chi connectivity index (χ3v) is 5.03. The summed E-state index contributed by atoms with van der Waals surface area (Å²) in [5.74, 6) is -0.794. The average Bonchev–Trinajstić information content (AvgIpc) is 3.34. The van der Waals surface area contributed by atoms with Crippen LogP contribution in [0.2, 0.25) is 0 Å². The van der Waals surface area contributed by atoms with Crippen molar-refractivity contribution in [3.63, 3.8) is 0 Å². The second-order valence-corrected chi connectivity index (χ2v) is 6.62. The summed E-state index contributed by atoms with van der Waals surface area (Å²) in [4.78, 5) is 50.7. The highest BCUT2D eigenvalue weighted by molar-refractivity contribution is 6.23. The molecule has 5 rings (SSSR count). The molecule has 1 fully saturated rings. The normalized spacial score (nSPS) is 17.3. The number of hydrogen-bond acceptors (Lipinski definition) is 7. The quantitative estimate of drug-likeness (QED) is 0.707. The molecule has 28 heavy (non-hydrogen) atoms. The lowest BCUT2D eigenvalue weighted by Crippen LogP contribution is -2.29. The highest BCUT2D eigenvalue weighted by atomic mass is 16.7. The van der Waals surface area contributed by atoms with Crippen LogP contribution in [0.25, 0.3) is 5.69 Å². The summed E-state index contributed by atoms with van der Waals surface area (Å²) in [6, 6.07) is 4.22. The number of pyridine rings is 1. The van der Waals surface area contributed by atoms with Gasteiger partial charge in [0, 0.05) is 31.2 Å². The number of benzene rings is 1. The van der Waals surface area contributed by atoms with Crippen LogP contribution in [-0.4, -0.2) is 35.6 Å². The van der Waals surface area contributed by atoms with Crippen LogP contribution in [0.15, 0.2) is 23.0 Å². The van der Waals surface area contributed by atoms with Crippen molar-refractivity contribution in [2.75, 3.05) is 24.0 Å². The molecule has 0 radical (unpaired) electrons. The molecule has 0 bridgehead atoms. The number of nitrogens with two attached hydrogens (primary N) is 1. The van der Waals surface area contributed by atoms with E-state index in [0.29, 0.717) is 36.6 Å². The van der Waals surface area contributed by atoms with Crippen LogP contribution in [0.5, 0.6) is 11.5 Å². The molecule has 1 saturated heterocycles. The van der Waals surface area contributed by atoms with Crippen molar-refractivity contribution in [1.29, 1.82) is 0 Å². The Labute approximate surface area is 157 Å². The monoisotopic (exact) mass is 382 g/mol. The fourth-order valence-corrected chi connectivity index (χ4v) is 3.75. The maximum atomic E-state index is 12.8. The number of amides is 3. The first-order valence-corrected chi connectivity index (χ1v) is 8.61. The second kappa shape index (κ2) is 5.59. The number of fused-ring (bicyclic) bond motifs is 2. The Hall–Kier alpha value is -3.82. The van der Waals surface area contributed by atoms with Crippen LogP contribution in [0.1, 0.15) is 33.6 Å². The van der Waals surface area contributed by atoms with Crippen LogP contribution >= 0.6 is 0 Å². The van der Waals surface area contributed by atoms with E-state index in [4.69, 9.17) is 15.2 Å². The summed E-state index contributed by atoms with van der Waals surface area (Å²) >= 11 is 0. The molecular weight excluding hydrogens is 368 g/mol. The van der Waals surface area contributed by atoms with Gasteiger partial charge >= 0.3 is 0 Å². The molecule has 3 N–H and O–H groups in total. The van der Waals surface area contributed by atoms with E-state index >= 15 is 0 Å². The third-order valence-electron chi connectivity index (χ3n) is 5.03. The van der Waals surface area contributed by atoms with Gasteiger partial charge in [-0.3, -0.25) is 29.1 Å². The van der Waals surface area contributed by atoms with Gasteiger partial charge in [-0.15, -0.1) is 0 Å². The number of hydrogen-bond donors (Lipinski definition) is 2. The first kappa shape index (κ1) is 16.4. The summed E-state index contributed by atoms with van der Waals surface area (Å²) in [7, 11) is 0. The molecule has 0 spiro atoms. The SMILES string of the molecule is Nc1c2c(cc(=O)n1-c1cc3c(cc1N1CCCC1=O)OCO3)C(=O)NC2=O. The Morgan fingerprint density at radius 2 is 1.68 bits per heavy atom. The minimum atomic E-state index is -0.675. The van der Waals surface area contributed by atoms with Gasteiger partial charge in [0.15, 0.2) is 11.5 Å². The number of aromatic nitrogens is 1. The van der Waals surface area contributed by atoms with Crippen LogP contribution in [0.3, 0.4) is 0 Å². The zero-order valence-corrected chi connectivity index (χ0v) is 14.5. The van der Waals surface area contributed by atoms with Gasteiger partial charge in [0.1, 0.15) is 5.82 Å². The number of ether oxygens (including phenoxy) is 2. The fraction of sp³-hybridized carbons (Fsp3) is 0.222. The van der Waals surface area contributed by atoms with E-state index in [2.05, 4.69) is 5.32 Å². The lowest BCUT2D eigenvalue weighted by atomic mass is 10.1. The van der Waals surface area contributed by atoms with Crippen molar-refractivity contribution < 1.29 is 23.9 Å². The average molecular weight is 382 g/mol. The Balaban J connectivity index is 1.80. The lowest BCUT2D eigenvalue weighted by molar-refractivity contribution is -0.117. The van der Waals surface area contributed by atoms with E-state index in [0.717, 1.165) is 10.6 Å². The molecule has 0 atom stereocenters. The molecular formula is C18H14N4O6. The Kier molecular flexibility index (Phi) is 3.26. The molecule has 2 aromatic rings. The standard InChI is InChI=1S/C18H14N4O6/c19-16-15-8(17(25)20-18(15)26)4-14(24)22(16)10-6-12-11(27-7-28-12)5-9(10)21-3-1-2-13(21)23/h4-6H,1-3,7,19H2,(H,20,25,26).